The Morgan fingerprint density at radius 2 is 2.22 bits per heavy atom. The number of rotatable bonds is 3. The van der Waals surface area contributed by atoms with Crippen LogP contribution in [0.3, 0.4) is 0 Å². The highest BCUT2D eigenvalue weighted by Crippen LogP contribution is 2.25. The maximum absolute atomic E-state index is 12.1. The molecule has 0 aromatic heterocycles. The standard InChI is InChI=1S/C14H25N3O/c1-10-9-17(14(18)12(10)3)11(2)8-16-13-6-4-5-7-15-13/h10-12H,4-9H2,1-3H3,(H,15,16)/t10?,11-,12?/m1/s1. The number of hydrogen-bond donors (Lipinski definition) is 1. The Hall–Kier alpha value is -1.06. The van der Waals surface area contributed by atoms with E-state index in [4.69, 9.17) is 0 Å². The third-order valence-corrected chi connectivity index (χ3v) is 4.27. The Kier molecular flexibility index (Phi) is 4.25. The number of likely N-dealkylation sites (tertiary alicyclic amines) is 1. The second-order valence-corrected chi connectivity index (χ2v) is 5.77. The minimum atomic E-state index is 0.180. The van der Waals surface area contributed by atoms with Crippen LogP contribution >= 0.6 is 0 Å². The van der Waals surface area contributed by atoms with Crippen LogP contribution < -0.4 is 5.32 Å². The molecular formula is C14H25N3O. The first kappa shape index (κ1) is 13.4. The maximum atomic E-state index is 12.1. The van der Waals surface area contributed by atoms with Gasteiger partial charge in [-0.25, -0.2) is 0 Å². The van der Waals surface area contributed by atoms with E-state index >= 15 is 0 Å². The summed E-state index contributed by atoms with van der Waals surface area (Å²) in [5.74, 6) is 2.09. The molecule has 0 aliphatic carbocycles. The smallest absolute Gasteiger partial charge is 0.226 e. The average Bonchev–Trinajstić information content (AvgIpc) is 2.65. The molecule has 4 nitrogen and oxygen atoms in total. The summed E-state index contributed by atoms with van der Waals surface area (Å²) >= 11 is 0. The van der Waals surface area contributed by atoms with Crippen molar-refractivity contribution < 1.29 is 4.79 Å². The van der Waals surface area contributed by atoms with Gasteiger partial charge in [-0.05, 0) is 25.7 Å². The van der Waals surface area contributed by atoms with Gasteiger partial charge in [0, 0.05) is 38.0 Å². The molecule has 2 rings (SSSR count). The molecule has 0 spiro atoms. The largest absolute Gasteiger partial charge is 0.372 e. The van der Waals surface area contributed by atoms with Crippen molar-refractivity contribution in [3.05, 3.63) is 0 Å². The SMILES string of the molecule is CC1CN([C@H](C)CNC2=NCCCC2)C(=O)C1C. The Balaban J connectivity index is 1.83. The lowest BCUT2D eigenvalue weighted by Gasteiger charge is -2.26. The predicted octanol–water partition coefficient (Wildman–Crippen LogP) is 1.66. The topological polar surface area (TPSA) is 44.7 Å². The molecule has 2 unspecified atom stereocenters. The van der Waals surface area contributed by atoms with Crippen LogP contribution in [0.15, 0.2) is 4.99 Å². The van der Waals surface area contributed by atoms with Gasteiger partial charge in [0.1, 0.15) is 0 Å². The van der Waals surface area contributed by atoms with E-state index in [9.17, 15) is 4.79 Å². The fraction of sp³-hybridized carbons (Fsp3) is 0.857. The molecule has 2 aliphatic heterocycles. The Bertz CT molecular complexity index is 340. The van der Waals surface area contributed by atoms with E-state index < -0.39 is 0 Å². The van der Waals surface area contributed by atoms with Crippen molar-refractivity contribution in [2.24, 2.45) is 16.8 Å². The summed E-state index contributed by atoms with van der Waals surface area (Å²) in [5.41, 5.74) is 0. The van der Waals surface area contributed by atoms with Gasteiger partial charge >= 0.3 is 0 Å². The molecule has 0 aromatic rings. The first-order valence-electron chi connectivity index (χ1n) is 7.17. The molecule has 1 amide bonds. The van der Waals surface area contributed by atoms with Crippen LogP contribution in [0.2, 0.25) is 0 Å². The molecule has 0 aromatic carbocycles. The number of nitrogens with zero attached hydrogens (tertiary/aromatic N) is 2. The van der Waals surface area contributed by atoms with E-state index in [-0.39, 0.29) is 12.0 Å². The van der Waals surface area contributed by atoms with Crippen LogP contribution in [0.4, 0.5) is 0 Å². The minimum Gasteiger partial charge on any atom is -0.372 e. The number of nitrogens with one attached hydrogen (secondary N) is 1. The zero-order chi connectivity index (χ0) is 13.1. The van der Waals surface area contributed by atoms with E-state index in [1.54, 1.807) is 0 Å². The lowest BCUT2D eigenvalue weighted by Crippen LogP contribution is -2.43. The number of carbonyl (C=O) groups excluding carboxylic acids is 1. The van der Waals surface area contributed by atoms with E-state index in [1.165, 1.54) is 12.8 Å². The Morgan fingerprint density at radius 3 is 2.78 bits per heavy atom. The lowest BCUT2D eigenvalue weighted by molar-refractivity contribution is -0.132. The van der Waals surface area contributed by atoms with Gasteiger partial charge in [0.15, 0.2) is 0 Å². The van der Waals surface area contributed by atoms with Crippen molar-refractivity contribution in [3.63, 3.8) is 0 Å². The van der Waals surface area contributed by atoms with Crippen LogP contribution in [0, 0.1) is 11.8 Å². The summed E-state index contributed by atoms with van der Waals surface area (Å²) < 4.78 is 0. The zero-order valence-corrected chi connectivity index (χ0v) is 11.8. The molecule has 2 aliphatic rings. The molecular weight excluding hydrogens is 226 g/mol. The summed E-state index contributed by atoms with van der Waals surface area (Å²) in [6, 6.07) is 0.259. The molecule has 0 radical (unpaired) electrons. The summed E-state index contributed by atoms with van der Waals surface area (Å²) in [5, 5.41) is 3.40. The Morgan fingerprint density at radius 1 is 1.44 bits per heavy atom. The van der Waals surface area contributed by atoms with Gasteiger partial charge in [0.2, 0.25) is 5.91 Å². The quantitative estimate of drug-likeness (QED) is 0.829. The van der Waals surface area contributed by atoms with Gasteiger partial charge in [-0.1, -0.05) is 13.8 Å². The highest BCUT2D eigenvalue weighted by Gasteiger charge is 2.36. The minimum absolute atomic E-state index is 0.180. The van der Waals surface area contributed by atoms with E-state index in [0.29, 0.717) is 11.8 Å². The van der Waals surface area contributed by atoms with Crippen LogP contribution in [-0.2, 0) is 4.79 Å². The van der Waals surface area contributed by atoms with Gasteiger partial charge in [-0.15, -0.1) is 0 Å². The summed E-state index contributed by atoms with van der Waals surface area (Å²) in [7, 11) is 0. The number of carbonyl (C=O) groups is 1. The number of hydrogen-bond acceptors (Lipinski definition) is 3. The highest BCUT2D eigenvalue weighted by atomic mass is 16.2. The monoisotopic (exact) mass is 251 g/mol. The predicted molar refractivity (Wildman–Crippen MR) is 73.7 cm³/mol. The van der Waals surface area contributed by atoms with Crippen molar-refractivity contribution in [1.29, 1.82) is 0 Å². The Labute approximate surface area is 110 Å². The highest BCUT2D eigenvalue weighted by molar-refractivity contribution is 5.83. The van der Waals surface area contributed by atoms with Crippen molar-refractivity contribution >= 4 is 11.7 Å². The third-order valence-electron chi connectivity index (χ3n) is 4.27. The van der Waals surface area contributed by atoms with Crippen molar-refractivity contribution in [1.82, 2.24) is 10.2 Å². The number of amides is 1. The molecule has 0 bridgehead atoms. The number of amidine groups is 1. The summed E-state index contributed by atoms with van der Waals surface area (Å²) in [4.78, 5) is 18.6. The van der Waals surface area contributed by atoms with Gasteiger partial charge < -0.3 is 10.2 Å². The molecule has 1 N–H and O–H groups in total. The molecule has 2 heterocycles. The van der Waals surface area contributed by atoms with Crippen LogP contribution in [-0.4, -0.2) is 42.3 Å². The molecule has 102 valence electrons. The van der Waals surface area contributed by atoms with Crippen LogP contribution in [0.25, 0.3) is 0 Å². The van der Waals surface area contributed by atoms with Gasteiger partial charge in [-0.3, -0.25) is 9.79 Å². The molecule has 1 saturated heterocycles. The zero-order valence-electron chi connectivity index (χ0n) is 11.8. The molecule has 3 atom stereocenters. The summed E-state index contributed by atoms with van der Waals surface area (Å²) in [6.07, 6.45) is 3.50. The van der Waals surface area contributed by atoms with Crippen LogP contribution in [0.1, 0.15) is 40.0 Å². The van der Waals surface area contributed by atoms with Gasteiger partial charge in [-0.2, -0.15) is 0 Å². The molecule has 4 heteroatoms. The molecule has 1 fully saturated rings. The van der Waals surface area contributed by atoms with Crippen molar-refractivity contribution in [2.75, 3.05) is 19.6 Å². The van der Waals surface area contributed by atoms with E-state index in [1.807, 2.05) is 11.8 Å². The van der Waals surface area contributed by atoms with Gasteiger partial charge in [0.05, 0.1) is 5.84 Å². The normalized spacial score (nSPS) is 30.3. The first-order valence-corrected chi connectivity index (χ1v) is 7.17. The maximum Gasteiger partial charge on any atom is 0.226 e. The number of aliphatic imine (C=N–C) groups is 1. The van der Waals surface area contributed by atoms with Crippen molar-refractivity contribution in [2.45, 2.75) is 46.1 Å². The van der Waals surface area contributed by atoms with E-state index in [0.717, 1.165) is 31.9 Å². The second kappa shape index (κ2) is 5.72. The second-order valence-electron chi connectivity index (χ2n) is 5.77. The third kappa shape index (κ3) is 2.85. The first-order chi connectivity index (χ1) is 8.59. The fourth-order valence-electron chi connectivity index (χ4n) is 2.68. The van der Waals surface area contributed by atoms with E-state index in [2.05, 4.69) is 24.2 Å². The lowest BCUT2D eigenvalue weighted by atomic mass is 10.0. The molecule has 18 heavy (non-hydrogen) atoms. The summed E-state index contributed by atoms with van der Waals surface area (Å²) in [6.45, 7) is 9.00. The fourth-order valence-corrected chi connectivity index (χ4v) is 2.68. The van der Waals surface area contributed by atoms with Crippen LogP contribution in [0.5, 0.6) is 0 Å². The molecule has 0 saturated carbocycles. The van der Waals surface area contributed by atoms with Gasteiger partial charge in [0.25, 0.3) is 0 Å². The van der Waals surface area contributed by atoms with Crippen molar-refractivity contribution in [3.8, 4) is 0 Å². The average molecular weight is 251 g/mol.